The molecule has 0 spiro atoms. The molecular formula is C8H4BrF3O3. The van der Waals surface area contributed by atoms with Crippen LogP contribution in [0.1, 0.15) is 10.4 Å². The predicted molar refractivity (Wildman–Crippen MR) is 47.5 cm³/mol. The molecule has 1 rings (SSSR count). The second-order valence-electron chi connectivity index (χ2n) is 2.41. The van der Waals surface area contributed by atoms with Crippen LogP contribution in [-0.2, 0) is 3.83 Å². The number of hydrogen-bond donors (Lipinski definition) is 0. The first-order valence-electron chi connectivity index (χ1n) is 3.62. The molecule has 0 aliphatic heterocycles. The molecule has 7 heteroatoms. The van der Waals surface area contributed by atoms with Crippen LogP contribution in [0.25, 0.3) is 0 Å². The first-order valence-corrected chi connectivity index (χ1v) is 4.26. The van der Waals surface area contributed by atoms with E-state index in [1.807, 2.05) is 0 Å². The molecule has 0 fully saturated rings. The first kappa shape index (κ1) is 11.8. The van der Waals surface area contributed by atoms with Crippen LogP contribution in [0.15, 0.2) is 24.3 Å². The maximum Gasteiger partial charge on any atom is 0.573 e. The van der Waals surface area contributed by atoms with Gasteiger partial charge in [-0.1, -0.05) is 12.1 Å². The minimum absolute atomic E-state index is 0.313. The second kappa shape index (κ2) is 4.52. The van der Waals surface area contributed by atoms with Crippen molar-refractivity contribution in [1.29, 1.82) is 0 Å². The van der Waals surface area contributed by atoms with Crippen LogP contribution in [0.4, 0.5) is 13.2 Å². The van der Waals surface area contributed by atoms with E-state index in [1.54, 1.807) is 0 Å². The van der Waals surface area contributed by atoms with Crippen LogP contribution in [0.3, 0.4) is 0 Å². The lowest BCUT2D eigenvalue weighted by Crippen LogP contribution is -2.19. The molecule has 0 radical (unpaired) electrons. The van der Waals surface area contributed by atoms with E-state index >= 15 is 0 Å². The summed E-state index contributed by atoms with van der Waals surface area (Å²) >= 11 is 2.38. The van der Waals surface area contributed by atoms with E-state index in [9.17, 15) is 18.0 Å². The highest BCUT2D eigenvalue weighted by Gasteiger charge is 2.33. The van der Waals surface area contributed by atoms with Crippen LogP contribution in [0, 0.1) is 0 Å². The van der Waals surface area contributed by atoms with E-state index in [0.717, 1.165) is 12.1 Å². The number of hydrogen-bond acceptors (Lipinski definition) is 3. The third kappa shape index (κ3) is 3.43. The van der Waals surface area contributed by atoms with Gasteiger partial charge in [-0.2, -0.15) is 0 Å². The summed E-state index contributed by atoms with van der Waals surface area (Å²) in [5, 5.41) is 0. The van der Waals surface area contributed by atoms with Crippen molar-refractivity contribution in [3.05, 3.63) is 29.8 Å². The summed E-state index contributed by atoms with van der Waals surface area (Å²) in [6.45, 7) is 0. The van der Waals surface area contributed by atoms with E-state index in [1.165, 1.54) is 12.1 Å². The number of halogens is 4. The van der Waals surface area contributed by atoms with Crippen molar-refractivity contribution in [2.45, 2.75) is 6.36 Å². The monoisotopic (exact) mass is 284 g/mol. The fraction of sp³-hybridized carbons (Fsp3) is 0.125. The van der Waals surface area contributed by atoms with E-state index < -0.39 is 18.1 Å². The van der Waals surface area contributed by atoms with Gasteiger partial charge >= 0.3 is 12.3 Å². The number of benzene rings is 1. The Labute approximate surface area is 91.2 Å². The van der Waals surface area contributed by atoms with Gasteiger partial charge in [0.2, 0.25) is 0 Å². The molecule has 0 atom stereocenters. The topological polar surface area (TPSA) is 35.5 Å². The van der Waals surface area contributed by atoms with Gasteiger partial charge in [0.15, 0.2) is 16.3 Å². The van der Waals surface area contributed by atoms with Gasteiger partial charge in [-0.3, -0.25) is 0 Å². The number of ether oxygens (including phenoxy) is 1. The van der Waals surface area contributed by atoms with Crippen molar-refractivity contribution in [3.63, 3.8) is 0 Å². The Hall–Kier alpha value is -1.24. The molecule has 0 amide bonds. The summed E-state index contributed by atoms with van der Waals surface area (Å²) in [5.74, 6) is -1.57. The summed E-state index contributed by atoms with van der Waals surface area (Å²) in [5.41, 5.74) is -0.313. The van der Waals surface area contributed by atoms with E-state index in [4.69, 9.17) is 0 Å². The van der Waals surface area contributed by atoms with Gasteiger partial charge < -0.3 is 8.57 Å². The van der Waals surface area contributed by atoms with Crippen LogP contribution < -0.4 is 4.74 Å². The van der Waals surface area contributed by atoms with E-state index in [-0.39, 0.29) is 5.56 Å². The third-order valence-electron chi connectivity index (χ3n) is 1.40. The lowest BCUT2D eigenvalue weighted by atomic mass is 10.2. The Morgan fingerprint density at radius 3 is 2.40 bits per heavy atom. The van der Waals surface area contributed by atoms with Gasteiger partial charge in [-0.25, -0.2) is 4.79 Å². The third-order valence-corrected chi connectivity index (χ3v) is 1.70. The summed E-state index contributed by atoms with van der Waals surface area (Å²) < 4.78 is 43.5. The van der Waals surface area contributed by atoms with Gasteiger partial charge in [0.25, 0.3) is 0 Å². The minimum Gasteiger partial charge on any atom is -0.405 e. The molecule has 0 aliphatic rings. The summed E-state index contributed by atoms with van der Waals surface area (Å²) in [7, 11) is 0. The minimum atomic E-state index is -4.84. The smallest absolute Gasteiger partial charge is 0.405 e. The Morgan fingerprint density at radius 1 is 1.27 bits per heavy atom. The zero-order valence-corrected chi connectivity index (χ0v) is 8.63. The van der Waals surface area contributed by atoms with Crippen molar-refractivity contribution in [2.24, 2.45) is 0 Å². The van der Waals surface area contributed by atoms with Crippen molar-refractivity contribution >= 4 is 22.2 Å². The average molecular weight is 285 g/mol. The van der Waals surface area contributed by atoms with Gasteiger partial charge in [0.1, 0.15) is 11.3 Å². The fourth-order valence-corrected chi connectivity index (χ4v) is 1.06. The Balaban J connectivity index is 3.02. The molecule has 3 nitrogen and oxygen atoms in total. The lowest BCUT2D eigenvalue weighted by Gasteiger charge is -2.10. The van der Waals surface area contributed by atoms with Gasteiger partial charge in [0.05, 0.1) is 0 Å². The Morgan fingerprint density at radius 2 is 1.87 bits per heavy atom. The number of carbonyl (C=O) groups is 1. The lowest BCUT2D eigenvalue weighted by molar-refractivity contribution is -0.274. The molecule has 0 aliphatic carbocycles. The molecule has 0 unspecified atom stereocenters. The summed E-state index contributed by atoms with van der Waals surface area (Å²) in [6, 6.07) is 4.88. The Bertz CT molecular complexity index is 364. The summed E-state index contributed by atoms with van der Waals surface area (Å²) in [4.78, 5) is 11.0. The molecule has 1 aromatic carbocycles. The largest absolute Gasteiger partial charge is 0.573 e. The highest BCUT2D eigenvalue weighted by molar-refractivity contribution is 9.06. The van der Waals surface area contributed by atoms with Crippen LogP contribution in [-0.4, -0.2) is 12.3 Å². The van der Waals surface area contributed by atoms with Crippen LogP contribution >= 0.6 is 16.3 Å². The molecule has 1 aromatic rings. The predicted octanol–water partition coefficient (Wildman–Crippen LogP) is 3.05. The standard InChI is InChI=1S/C8H4BrF3O3/c9-15-7(13)5-3-1-2-4-6(5)14-8(10,11)12/h1-4H. The van der Waals surface area contributed by atoms with Crippen molar-refractivity contribution in [1.82, 2.24) is 0 Å². The van der Waals surface area contributed by atoms with Crippen molar-refractivity contribution in [2.75, 3.05) is 0 Å². The van der Waals surface area contributed by atoms with Gasteiger partial charge in [-0.05, 0) is 12.1 Å². The zero-order chi connectivity index (χ0) is 11.5. The molecule has 0 saturated heterocycles. The quantitative estimate of drug-likeness (QED) is 0.837. The number of rotatable bonds is 2. The first-order chi connectivity index (χ1) is 6.94. The van der Waals surface area contributed by atoms with Gasteiger partial charge in [0, 0.05) is 0 Å². The summed E-state index contributed by atoms with van der Waals surface area (Å²) in [6.07, 6.45) is -4.84. The maximum atomic E-state index is 11.9. The SMILES string of the molecule is O=C(OBr)c1ccccc1OC(F)(F)F. The maximum absolute atomic E-state index is 11.9. The fourth-order valence-electron chi connectivity index (χ4n) is 0.891. The number of carbonyl (C=O) groups excluding carboxylic acids is 1. The molecular weight excluding hydrogens is 281 g/mol. The number of alkyl halides is 3. The van der Waals surface area contributed by atoms with Crippen molar-refractivity contribution < 1.29 is 26.5 Å². The molecule has 0 aromatic heterocycles. The van der Waals surface area contributed by atoms with E-state index in [2.05, 4.69) is 24.8 Å². The van der Waals surface area contributed by atoms with Crippen LogP contribution in [0.2, 0.25) is 0 Å². The molecule has 82 valence electrons. The highest BCUT2D eigenvalue weighted by atomic mass is 79.9. The molecule has 0 saturated carbocycles. The highest BCUT2D eigenvalue weighted by Crippen LogP contribution is 2.26. The van der Waals surface area contributed by atoms with Crippen LogP contribution in [0.5, 0.6) is 5.75 Å². The second-order valence-corrected chi connectivity index (χ2v) is 2.73. The average Bonchev–Trinajstić information content (AvgIpc) is 2.15. The van der Waals surface area contributed by atoms with Crippen molar-refractivity contribution in [3.8, 4) is 5.75 Å². The normalized spacial score (nSPS) is 10.9. The molecule has 0 heterocycles. The van der Waals surface area contributed by atoms with Gasteiger partial charge in [-0.15, -0.1) is 13.2 Å². The number of para-hydroxylation sites is 1. The molecule has 0 N–H and O–H groups in total. The molecule has 15 heavy (non-hydrogen) atoms. The van der Waals surface area contributed by atoms with E-state index in [0.29, 0.717) is 0 Å². The molecule has 0 bridgehead atoms. The zero-order valence-electron chi connectivity index (χ0n) is 7.05. The Kier molecular flexibility index (Phi) is 3.57.